The third-order valence-corrected chi connectivity index (χ3v) is 2.30. The Balaban J connectivity index is 2.22. The van der Waals surface area contributed by atoms with Crippen LogP contribution in [-0.4, -0.2) is 30.2 Å². The van der Waals surface area contributed by atoms with Crippen molar-refractivity contribution >= 4 is 5.91 Å². The summed E-state index contributed by atoms with van der Waals surface area (Å²) in [5, 5.41) is 3.22. The van der Waals surface area contributed by atoms with Crippen molar-refractivity contribution < 1.29 is 9.53 Å². The van der Waals surface area contributed by atoms with Crippen molar-refractivity contribution in [1.82, 2.24) is 5.32 Å². The number of hydrogen-bond donors (Lipinski definition) is 2. The average Bonchev–Trinajstić information content (AvgIpc) is 2.83. The van der Waals surface area contributed by atoms with Gasteiger partial charge in [0.05, 0.1) is 11.6 Å². The molecule has 0 radical (unpaired) electrons. The van der Waals surface area contributed by atoms with Crippen molar-refractivity contribution in [3.05, 3.63) is 0 Å². The summed E-state index contributed by atoms with van der Waals surface area (Å²) < 4.78 is 5.56. The number of rotatable bonds is 6. The van der Waals surface area contributed by atoms with Gasteiger partial charge in [-0.3, -0.25) is 4.79 Å². The van der Waals surface area contributed by atoms with Gasteiger partial charge in [-0.25, -0.2) is 0 Å². The Labute approximate surface area is 91.5 Å². The molecule has 0 spiro atoms. The summed E-state index contributed by atoms with van der Waals surface area (Å²) in [4.78, 5) is 11.1. The molecule has 1 aliphatic rings. The third-order valence-electron chi connectivity index (χ3n) is 2.30. The third kappa shape index (κ3) is 5.74. The van der Waals surface area contributed by atoms with Gasteiger partial charge in [0.15, 0.2) is 0 Å². The summed E-state index contributed by atoms with van der Waals surface area (Å²) >= 11 is 0. The maximum atomic E-state index is 11.1. The van der Waals surface area contributed by atoms with Gasteiger partial charge in [-0.05, 0) is 40.0 Å². The number of primary amides is 1. The van der Waals surface area contributed by atoms with Gasteiger partial charge in [-0.1, -0.05) is 0 Å². The minimum Gasteiger partial charge on any atom is -0.376 e. The number of nitrogens with one attached hydrogen (secondary N) is 1. The molecule has 1 unspecified atom stereocenters. The number of carbonyl (C=O) groups excluding carboxylic acids is 1. The van der Waals surface area contributed by atoms with Crippen LogP contribution in [0.1, 0.15) is 40.0 Å². The summed E-state index contributed by atoms with van der Waals surface area (Å²) in [7, 11) is 0. The monoisotopic (exact) mass is 214 g/mol. The maximum absolute atomic E-state index is 11.1. The van der Waals surface area contributed by atoms with Gasteiger partial charge in [0.25, 0.3) is 0 Å². The van der Waals surface area contributed by atoms with Crippen molar-refractivity contribution in [1.29, 1.82) is 0 Å². The molecule has 0 saturated heterocycles. The highest BCUT2D eigenvalue weighted by molar-refractivity contribution is 5.79. The summed E-state index contributed by atoms with van der Waals surface area (Å²) in [6.07, 6.45) is 2.97. The van der Waals surface area contributed by atoms with Crippen molar-refractivity contribution in [2.45, 2.75) is 57.7 Å². The molecule has 1 rings (SSSR count). The Bertz CT molecular complexity index is 219. The zero-order valence-electron chi connectivity index (χ0n) is 9.88. The highest BCUT2D eigenvalue weighted by Crippen LogP contribution is 2.20. The molecule has 4 heteroatoms. The quantitative estimate of drug-likeness (QED) is 0.687. The summed E-state index contributed by atoms with van der Waals surface area (Å²) in [6, 6.07) is 0.261. The fourth-order valence-electron chi connectivity index (χ4n) is 1.33. The van der Waals surface area contributed by atoms with Crippen LogP contribution >= 0.6 is 0 Å². The second kappa shape index (κ2) is 4.94. The maximum Gasteiger partial charge on any atom is 0.234 e. The van der Waals surface area contributed by atoms with E-state index in [2.05, 4.69) is 5.32 Å². The smallest absolute Gasteiger partial charge is 0.234 e. The lowest BCUT2D eigenvalue weighted by Crippen LogP contribution is -2.43. The van der Waals surface area contributed by atoms with Gasteiger partial charge in [0, 0.05) is 12.6 Å². The van der Waals surface area contributed by atoms with Crippen LogP contribution in [0.2, 0.25) is 0 Å². The molecule has 0 aliphatic heterocycles. The Morgan fingerprint density at radius 2 is 2.13 bits per heavy atom. The summed E-state index contributed by atoms with van der Waals surface area (Å²) in [6.45, 7) is 6.57. The van der Waals surface area contributed by atoms with Gasteiger partial charge < -0.3 is 15.8 Å². The molecule has 1 amide bonds. The molecular weight excluding hydrogens is 192 g/mol. The van der Waals surface area contributed by atoms with E-state index in [1.165, 1.54) is 0 Å². The fraction of sp³-hybridized carbons (Fsp3) is 0.909. The van der Waals surface area contributed by atoms with Crippen LogP contribution < -0.4 is 11.1 Å². The van der Waals surface area contributed by atoms with Crippen LogP contribution in [-0.2, 0) is 9.53 Å². The van der Waals surface area contributed by atoms with Crippen LogP contribution in [0.5, 0.6) is 0 Å². The molecule has 0 aromatic carbocycles. The molecule has 15 heavy (non-hydrogen) atoms. The second-order valence-electron chi connectivity index (χ2n) is 5.15. The predicted molar refractivity (Wildman–Crippen MR) is 59.5 cm³/mol. The first kappa shape index (κ1) is 12.5. The van der Waals surface area contributed by atoms with E-state index in [4.69, 9.17) is 10.5 Å². The van der Waals surface area contributed by atoms with E-state index in [1.807, 2.05) is 20.8 Å². The second-order valence-corrected chi connectivity index (χ2v) is 5.15. The molecule has 0 aromatic rings. The van der Waals surface area contributed by atoms with Gasteiger partial charge >= 0.3 is 0 Å². The van der Waals surface area contributed by atoms with E-state index in [-0.39, 0.29) is 17.6 Å². The Morgan fingerprint density at radius 1 is 1.53 bits per heavy atom. The van der Waals surface area contributed by atoms with Crippen molar-refractivity contribution in [2.75, 3.05) is 6.61 Å². The predicted octanol–water partition coefficient (Wildman–Crippen LogP) is 0.798. The van der Waals surface area contributed by atoms with Crippen molar-refractivity contribution in [2.24, 2.45) is 5.73 Å². The summed E-state index contributed by atoms with van der Waals surface area (Å²) in [5.74, 6) is -0.278. The van der Waals surface area contributed by atoms with Gasteiger partial charge in [0.1, 0.15) is 0 Å². The summed E-state index contributed by atoms with van der Waals surface area (Å²) in [5.41, 5.74) is 5.15. The first-order valence-electron chi connectivity index (χ1n) is 5.58. The highest BCUT2D eigenvalue weighted by atomic mass is 16.5. The van der Waals surface area contributed by atoms with E-state index in [0.717, 1.165) is 12.8 Å². The van der Waals surface area contributed by atoms with Gasteiger partial charge in [-0.2, -0.15) is 0 Å². The Morgan fingerprint density at radius 3 is 2.53 bits per heavy atom. The number of ether oxygens (including phenoxy) is 1. The van der Waals surface area contributed by atoms with E-state index in [9.17, 15) is 4.79 Å². The van der Waals surface area contributed by atoms with Crippen molar-refractivity contribution in [3.63, 3.8) is 0 Å². The standard InChI is InChI=1S/C11H22N2O2/c1-11(2,3)15-7-6-9(10(12)14)13-8-4-5-8/h8-9,13H,4-7H2,1-3H3,(H2,12,14). The molecular formula is C11H22N2O2. The number of hydrogen-bond acceptors (Lipinski definition) is 3. The molecule has 0 aromatic heterocycles. The highest BCUT2D eigenvalue weighted by Gasteiger charge is 2.27. The SMILES string of the molecule is CC(C)(C)OCCC(NC1CC1)C(N)=O. The van der Waals surface area contributed by atoms with E-state index in [0.29, 0.717) is 19.1 Å². The largest absolute Gasteiger partial charge is 0.376 e. The lowest BCUT2D eigenvalue weighted by atomic mass is 10.1. The first-order valence-corrected chi connectivity index (χ1v) is 5.58. The molecule has 0 bridgehead atoms. The molecule has 88 valence electrons. The van der Waals surface area contributed by atoms with E-state index in [1.54, 1.807) is 0 Å². The molecule has 3 N–H and O–H groups in total. The Hall–Kier alpha value is -0.610. The molecule has 1 aliphatic carbocycles. The minimum atomic E-state index is -0.278. The number of nitrogens with two attached hydrogens (primary N) is 1. The molecule has 1 atom stereocenters. The van der Waals surface area contributed by atoms with Crippen LogP contribution in [0.4, 0.5) is 0 Å². The fourth-order valence-corrected chi connectivity index (χ4v) is 1.33. The minimum absolute atomic E-state index is 0.151. The molecule has 1 fully saturated rings. The Kier molecular flexibility index (Phi) is 4.11. The van der Waals surface area contributed by atoms with Crippen LogP contribution in [0.15, 0.2) is 0 Å². The van der Waals surface area contributed by atoms with E-state index >= 15 is 0 Å². The normalized spacial score (nSPS) is 18.9. The molecule has 4 nitrogen and oxygen atoms in total. The van der Waals surface area contributed by atoms with Gasteiger partial charge in [0.2, 0.25) is 5.91 Å². The number of carbonyl (C=O) groups is 1. The lowest BCUT2D eigenvalue weighted by molar-refractivity contribution is -0.121. The zero-order valence-corrected chi connectivity index (χ0v) is 9.88. The lowest BCUT2D eigenvalue weighted by Gasteiger charge is -2.21. The van der Waals surface area contributed by atoms with Crippen LogP contribution in [0.25, 0.3) is 0 Å². The van der Waals surface area contributed by atoms with Crippen LogP contribution in [0.3, 0.4) is 0 Å². The van der Waals surface area contributed by atoms with Crippen LogP contribution in [0, 0.1) is 0 Å². The first-order chi connectivity index (χ1) is 6.88. The zero-order chi connectivity index (χ0) is 11.5. The van der Waals surface area contributed by atoms with E-state index < -0.39 is 0 Å². The number of amides is 1. The molecule has 1 saturated carbocycles. The van der Waals surface area contributed by atoms with Crippen molar-refractivity contribution in [3.8, 4) is 0 Å². The molecule has 0 heterocycles. The topological polar surface area (TPSA) is 64.3 Å². The van der Waals surface area contributed by atoms with Gasteiger partial charge in [-0.15, -0.1) is 0 Å². The average molecular weight is 214 g/mol.